The van der Waals surface area contributed by atoms with E-state index in [1.807, 2.05) is 31.2 Å². The molecule has 3 heterocycles. The van der Waals surface area contributed by atoms with Crippen molar-refractivity contribution in [1.29, 1.82) is 0 Å². The first kappa shape index (κ1) is 17.9. The lowest BCUT2D eigenvalue weighted by molar-refractivity contribution is 0.195. The van der Waals surface area contributed by atoms with Crippen LogP contribution in [0.2, 0.25) is 5.02 Å². The Bertz CT molecular complexity index is 997. The van der Waals surface area contributed by atoms with Crippen LogP contribution in [0.25, 0.3) is 11.5 Å². The third-order valence-corrected chi connectivity index (χ3v) is 5.32. The highest BCUT2D eigenvalue weighted by atomic mass is 35.5. The van der Waals surface area contributed by atoms with Crippen LogP contribution in [0.4, 0.5) is 0 Å². The molecule has 0 aliphatic carbocycles. The number of piperidine rings is 1. The van der Waals surface area contributed by atoms with Crippen molar-refractivity contribution >= 4 is 11.6 Å². The number of nitrogens with zero attached hydrogens (tertiary/aromatic N) is 3. The van der Waals surface area contributed by atoms with Crippen molar-refractivity contribution in [2.24, 2.45) is 0 Å². The molecule has 1 saturated heterocycles. The third-order valence-electron chi connectivity index (χ3n) is 4.99. The van der Waals surface area contributed by atoms with Gasteiger partial charge in [-0.3, -0.25) is 9.69 Å². The monoisotopic (exact) mass is 384 g/mol. The zero-order chi connectivity index (χ0) is 18.8. The summed E-state index contributed by atoms with van der Waals surface area (Å²) in [5, 5.41) is 0.628. The Labute approximate surface area is 162 Å². The van der Waals surface area contributed by atoms with Gasteiger partial charge in [0.2, 0.25) is 5.89 Å². The number of rotatable bonds is 4. The highest BCUT2D eigenvalue weighted by molar-refractivity contribution is 6.33. The lowest BCUT2D eigenvalue weighted by Crippen LogP contribution is -2.34. The van der Waals surface area contributed by atoms with Gasteiger partial charge in [-0.25, -0.2) is 9.97 Å². The minimum absolute atomic E-state index is 0.103. The molecule has 1 aromatic carbocycles. The number of nitrogens with one attached hydrogen (secondary N) is 1. The van der Waals surface area contributed by atoms with Crippen molar-refractivity contribution in [3.05, 3.63) is 69.2 Å². The number of benzene rings is 1. The summed E-state index contributed by atoms with van der Waals surface area (Å²) in [6, 6.07) is 9.15. The fourth-order valence-corrected chi connectivity index (χ4v) is 3.80. The largest absolute Gasteiger partial charge is 0.441 e. The zero-order valence-corrected chi connectivity index (χ0v) is 15.9. The molecule has 1 unspecified atom stereocenters. The molecule has 1 atom stereocenters. The van der Waals surface area contributed by atoms with E-state index in [9.17, 15) is 4.79 Å². The molecule has 0 bridgehead atoms. The van der Waals surface area contributed by atoms with Crippen molar-refractivity contribution in [1.82, 2.24) is 19.9 Å². The molecular formula is C20H21ClN4O2. The molecule has 0 amide bonds. The van der Waals surface area contributed by atoms with E-state index in [0.717, 1.165) is 48.6 Å². The maximum Gasteiger partial charge on any atom is 0.250 e. The lowest BCUT2D eigenvalue weighted by Gasteiger charge is -2.31. The Kier molecular flexibility index (Phi) is 5.09. The van der Waals surface area contributed by atoms with E-state index in [1.54, 1.807) is 6.07 Å². The summed E-state index contributed by atoms with van der Waals surface area (Å²) in [5.41, 5.74) is 2.48. The van der Waals surface area contributed by atoms with Crippen LogP contribution in [0.5, 0.6) is 0 Å². The topological polar surface area (TPSA) is 75.0 Å². The summed E-state index contributed by atoms with van der Waals surface area (Å²) in [4.78, 5) is 25.5. The summed E-state index contributed by atoms with van der Waals surface area (Å²) in [6.45, 7) is 4.49. The number of likely N-dealkylation sites (tertiary alicyclic amines) is 1. The second kappa shape index (κ2) is 7.66. The Morgan fingerprint density at radius 1 is 1.37 bits per heavy atom. The minimum Gasteiger partial charge on any atom is -0.441 e. The molecule has 0 spiro atoms. The van der Waals surface area contributed by atoms with Gasteiger partial charge in [-0.05, 0) is 38.4 Å². The second-order valence-electron chi connectivity index (χ2n) is 6.91. The summed E-state index contributed by atoms with van der Waals surface area (Å²) in [5.74, 6) is 1.62. The lowest BCUT2D eigenvalue weighted by atomic mass is 9.94. The van der Waals surface area contributed by atoms with Gasteiger partial charge in [0, 0.05) is 25.1 Å². The smallest absolute Gasteiger partial charge is 0.250 e. The fourth-order valence-electron chi connectivity index (χ4n) is 3.58. The zero-order valence-electron chi connectivity index (χ0n) is 15.1. The SMILES string of the molecule is Cc1oc(-c2ccccc2Cl)nc1CN1CCCC(c2cc(=O)[nH]cn2)C1. The van der Waals surface area contributed by atoms with Gasteiger partial charge >= 0.3 is 0 Å². The number of aromatic nitrogens is 3. The molecule has 0 saturated carbocycles. The Morgan fingerprint density at radius 3 is 3.04 bits per heavy atom. The van der Waals surface area contributed by atoms with Gasteiger partial charge in [-0.15, -0.1) is 0 Å². The molecule has 0 radical (unpaired) electrons. The minimum atomic E-state index is -0.103. The van der Waals surface area contributed by atoms with Crippen LogP contribution in [-0.4, -0.2) is 32.9 Å². The third kappa shape index (κ3) is 3.96. The molecule has 6 nitrogen and oxygen atoms in total. The fraction of sp³-hybridized carbons (Fsp3) is 0.350. The molecule has 1 aliphatic rings. The molecule has 140 valence electrons. The molecule has 1 N–H and O–H groups in total. The number of hydrogen-bond donors (Lipinski definition) is 1. The van der Waals surface area contributed by atoms with Crippen LogP contribution in [0.3, 0.4) is 0 Å². The van der Waals surface area contributed by atoms with E-state index >= 15 is 0 Å². The predicted octanol–water partition coefficient (Wildman–Crippen LogP) is 3.77. The van der Waals surface area contributed by atoms with E-state index in [4.69, 9.17) is 16.0 Å². The van der Waals surface area contributed by atoms with Gasteiger partial charge < -0.3 is 9.40 Å². The number of hydrogen-bond acceptors (Lipinski definition) is 5. The van der Waals surface area contributed by atoms with Gasteiger partial charge in [-0.1, -0.05) is 23.7 Å². The van der Waals surface area contributed by atoms with Crippen LogP contribution in [0.15, 0.2) is 45.9 Å². The van der Waals surface area contributed by atoms with Crippen molar-refractivity contribution < 1.29 is 4.42 Å². The van der Waals surface area contributed by atoms with E-state index in [2.05, 4.69) is 19.9 Å². The van der Waals surface area contributed by atoms with Crippen LogP contribution in [0.1, 0.15) is 35.9 Å². The number of oxazole rings is 1. The van der Waals surface area contributed by atoms with E-state index in [-0.39, 0.29) is 11.5 Å². The molecule has 7 heteroatoms. The Morgan fingerprint density at radius 2 is 2.22 bits per heavy atom. The van der Waals surface area contributed by atoms with Crippen LogP contribution in [-0.2, 0) is 6.54 Å². The normalized spacial score (nSPS) is 17.9. The highest BCUT2D eigenvalue weighted by Gasteiger charge is 2.24. The predicted molar refractivity (Wildman–Crippen MR) is 104 cm³/mol. The second-order valence-corrected chi connectivity index (χ2v) is 7.32. The first-order valence-electron chi connectivity index (χ1n) is 9.08. The average molecular weight is 385 g/mol. The van der Waals surface area contributed by atoms with E-state index in [0.29, 0.717) is 17.5 Å². The maximum atomic E-state index is 11.6. The van der Waals surface area contributed by atoms with Gasteiger partial charge in [-0.2, -0.15) is 0 Å². The van der Waals surface area contributed by atoms with Crippen molar-refractivity contribution in [3.63, 3.8) is 0 Å². The maximum absolute atomic E-state index is 11.6. The summed E-state index contributed by atoms with van der Waals surface area (Å²) >= 11 is 6.27. The van der Waals surface area contributed by atoms with Gasteiger partial charge in [0.25, 0.3) is 5.56 Å². The van der Waals surface area contributed by atoms with Gasteiger partial charge in [0.05, 0.1) is 28.3 Å². The molecule has 27 heavy (non-hydrogen) atoms. The number of aryl methyl sites for hydroxylation is 1. The molecule has 4 rings (SSSR count). The van der Waals surface area contributed by atoms with Crippen LogP contribution >= 0.6 is 11.6 Å². The summed E-state index contributed by atoms with van der Waals surface area (Å²) in [6.07, 6.45) is 3.58. The Balaban J connectivity index is 1.51. The quantitative estimate of drug-likeness (QED) is 0.741. The summed E-state index contributed by atoms with van der Waals surface area (Å²) < 4.78 is 5.87. The molecule has 1 aliphatic heterocycles. The van der Waals surface area contributed by atoms with E-state index in [1.165, 1.54) is 6.33 Å². The van der Waals surface area contributed by atoms with Crippen LogP contribution < -0.4 is 5.56 Å². The number of halogens is 1. The van der Waals surface area contributed by atoms with E-state index < -0.39 is 0 Å². The van der Waals surface area contributed by atoms with Gasteiger partial charge in [0.15, 0.2) is 0 Å². The summed E-state index contributed by atoms with van der Waals surface area (Å²) in [7, 11) is 0. The van der Waals surface area contributed by atoms with Crippen molar-refractivity contribution in [2.75, 3.05) is 13.1 Å². The molecular weight excluding hydrogens is 364 g/mol. The standard InChI is InChI=1S/C20H21ClN4O2/c1-13-18(24-20(27-13)15-6-2-3-7-16(15)21)11-25-8-4-5-14(10-25)17-9-19(26)23-12-22-17/h2-3,6-7,9,12,14H,4-5,8,10-11H2,1H3,(H,22,23,26). The average Bonchev–Trinajstić information content (AvgIpc) is 3.02. The molecule has 2 aromatic heterocycles. The first-order chi connectivity index (χ1) is 13.1. The van der Waals surface area contributed by atoms with Crippen molar-refractivity contribution in [3.8, 4) is 11.5 Å². The van der Waals surface area contributed by atoms with Crippen LogP contribution in [0, 0.1) is 6.92 Å². The highest BCUT2D eigenvalue weighted by Crippen LogP contribution is 2.30. The first-order valence-corrected chi connectivity index (χ1v) is 9.46. The van der Waals surface area contributed by atoms with Gasteiger partial charge in [0.1, 0.15) is 5.76 Å². The Hall–Kier alpha value is -2.44. The molecule has 3 aromatic rings. The molecule has 1 fully saturated rings. The van der Waals surface area contributed by atoms with Crippen molar-refractivity contribution in [2.45, 2.75) is 32.2 Å². The number of aromatic amines is 1. The number of H-pyrrole nitrogens is 1.